The molecule has 0 aromatic heterocycles. The molecule has 2 aliphatic carbocycles. The van der Waals surface area contributed by atoms with Gasteiger partial charge < -0.3 is 21.9 Å². The molecule has 6 N–H and O–H groups in total. The van der Waals surface area contributed by atoms with Crippen LogP contribution in [0, 0.1) is 17.8 Å². The van der Waals surface area contributed by atoms with E-state index in [4.69, 9.17) is 11.5 Å². The molecule has 0 spiro atoms. The molecule has 5 atom stereocenters. The van der Waals surface area contributed by atoms with Crippen molar-refractivity contribution in [3.05, 3.63) is 34.9 Å². The fraction of sp³-hybridized carbons (Fsp3) is 0.739. The molecule has 1 saturated carbocycles. The van der Waals surface area contributed by atoms with Gasteiger partial charge >= 0.3 is 0 Å². The normalized spacial score (nSPS) is 36.0. The molecular formula is C23H38N4O. The summed E-state index contributed by atoms with van der Waals surface area (Å²) in [7, 11) is 0. The summed E-state index contributed by atoms with van der Waals surface area (Å²) in [6.07, 6.45) is 14.0. The largest absolute Gasteiger partial charge is 0.512 e. The molecule has 0 amide bonds. The maximum atomic E-state index is 10.8. The van der Waals surface area contributed by atoms with Crippen molar-refractivity contribution in [2.45, 2.75) is 70.4 Å². The summed E-state index contributed by atoms with van der Waals surface area (Å²) in [5.74, 6) is 2.77. The molecule has 2 bridgehead atoms. The van der Waals surface area contributed by atoms with Gasteiger partial charge in [-0.15, -0.1) is 0 Å². The molecule has 2 saturated heterocycles. The van der Waals surface area contributed by atoms with E-state index in [0.29, 0.717) is 35.5 Å². The zero-order valence-corrected chi connectivity index (χ0v) is 17.4. The Labute approximate surface area is 169 Å². The van der Waals surface area contributed by atoms with Gasteiger partial charge in [0.15, 0.2) is 0 Å². The molecule has 28 heavy (non-hydrogen) atoms. The minimum Gasteiger partial charge on any atom is -0.512 e. The molecular weight excluding hydrogens is 348 g/mol. The lowest BCUT2D eigenvalue weighted by Crippen LogP contribution is -2.51. The minimum absolute atomic E-state index is 0.340. The van der Waals surface area contributed by atoms with Gasteiger partial charge in [0.25, 0.3) is 0 Å². The third kappa shape index (κ3) is 4.57. The van der Waals surface area contributed by atoms with Crippen LogP contribution in [0.3, 0.4) is 0 Å². The van der Waals surface area contributed by atoms with Crippen molar-refractivity contribution in [3.8, 4) is 0 Å². The maximum absolute atomic E-state index is 10.8. The predicted octanol–water partition coefficient (Wildman–Crippen LogP) is 3.16. The zero-order valence-electron chi connectivity index (χ0n) is 17.4. The summed E-state index contributed by atoms with van der Waals surface area (Å²) in [6.45, 7) is 5.07. The number of likely N-dealkylation sites (tertiary alicyclic amines) is 1. The van der Waals surface area contributed by atoms with E-state index in [9.17, 15) is 5.11 Å². The van der Waals surface area contributed by atoms with Crippen LogP contribution in [0.15, 0.2) is 34.9 Å². The van der Waals surface area contributed by atoms with Crippen LogP contribution in [0.2, 0.25) is 0 Å². The van der Waals surface area contributed by atoms with E-state index >= 15 is 0 Å². The van der Waals surface area contributed by atoms with Crippen molar-refractivity contribution in [1.29, 1.82) is 0 Å². The number of piperazine rings is 1. The van der Waals surface area contributed by atoms with Crippen molar-refractivity contribution in [1.82, 2.24) is 10.2 Å². The third-order valence-electron chi connectivity index (χ3n) is 7.49. The Hall–Kier alpha value is -1.46. The van der Waals surface area contributed by atoms with Crippen LogP contribution >= 0.6 is 0 Å². The fourth-order valence-electron chi connectivity index (χ4n) is 6.09. The summed E-state index contributed by atoms with van der Waals surface area (Å²) in [5.41, 5.74) is 14.4. The van der Waals surface area contributed by atoms with E-state index in [0.717, 1.165) is 37.5 Å². The predicted molar refractivity (Wildman–Crippen MR) is 114 cm³/mol. The van der Waals surface area contributed by atoms with E-state index in [1.54, 1.807) is 0 Å². The molecule has 5 nitrogen and oxygen atoms in total. The lowest BCUT2D eigenvalue weighted by molar-refractivity contribution is 0.161. The summed E-state index contributed by atoms with van der Waals surface area (Å²) in [6, 6.07) is 1.19. The molecule has 5 heteroatoms. The van der Waals surface area contributed by atoms with Crippen molar-refractivity contribution in [3.63, 3.8) is 0 Å². The van der Waals surface area contributed by atoms with Gasteiger partial charge in [-0.3, -0.25) is 4.90 Å². The van der Waals surface area contributed by atoms with Gasteiger partial charge in [-0.1, -0.05) is 18.1 Å². The molecule has 3 fully saturated rings. The Morgan fingerprint density at radius 2 is 1.93 bits per heavy atom. The smallest absolute Gasteiger partial charge is 0.0981 e. The first kappa shape index (κ1) is 19.8. The number of nitrogens with zero attached hydrogens (tertiary/aromatic N) is 1. The number of nitrogens with one attached hydrogen (secondary N) is 1. The topological polar surface area (TPSA) is 87.5 Å². The molecule has 4 rings (SSSR count). The average Bonchev–Trinajstić information content (AvgIpc) is 3.00. The summed E-state index contributed by atoms with van der Waals surface area (Å²) >= 11 is 0. The van der Waals surface area contributed by atoms with Crippen LogP contribution in [0.4, 0.5) is 0 Å². The highest BCUT2D eigenvalue weighted by molar-refractivity contribution is 5.26. The van der Waals surface area contributed by atoms with Gasteiger partial charge in [-0.2, -0.15) is 0 Å². The van der Waals surface area contributed by atoms with E-state index in [1.165, 1.54) is 50.5 Å². The Kier molecular flexibility index (Phi) is 6.02. The number of hydrogen-bond acceptors (Lipinski definition) is 5. The van der Waals surface area contributed by atoms with Crippen LogP contribution in [0.25, 0.3) is 0 Å². The monoisotopic (exact) mass is 386 g/mol. The van der Waals surface area contributed by atoms with Crippen molar-refractivity contribution in [2.75, 3.05) is 19.6 Å². The van der Waals surface area contributed by atoms with Crippen LogP contribution in [-0.2, 0) is 0 Å². The molecule has 0 radical (unpaired) electrons. The van der Waals surface area contributed by atoms with E-state index in [-0.39, 0.29) is 0 Å². The minimum atomic E-state index is 0.340. The molecule has 0 aromatic carbocycles. The molecule has 156 valence electrons. The third-order valence-corrected chi connectivity index (χ3v) is 7.49. The Morgan fingerprint density at radius 3 is 2.64 bits per heavy atom. The van der Waals surface area contributed by atoms with E-state index in [2.05, 4.69) is 23.2 Å². The van der Waals surface area contributed by atoms with Gasteiger partial charge in [0.2, 0.25) is 0 Å². The molecule has 5 unspecified atom stereocenters. The van der Waals surface area contributed by atoms with Crippen molar-refractivity contribution >= 4 is 0 Å². The fourth-order valence-corrected chi connectivity index (χ4v) is 6.09. The lowest BCUT2D eigenvalue weighted by atomic mass is 9.66. The highest BCUT2D eigenvalue weighted by atomic mass is 16.3. The number of aliphatic hydroxyl groups is 1. The second-order valence-electron chi connectivity index (χ2n) is 9.73. The van der Waals surface area contributed by atoms with E-state index in [1.807, 2.05) is 6.08 Å². The summed E-state index contributed by atoms with van der Waals surface area (Å²) in [4.78, 5) is 2.43. The highest BCUT2D eigenvalue weighted by Gasteiger charge is 2.34. The Balaban J connectivity index is 1.41. The standard InChI is InChI=1S/C23H38N4O/c1-15-5-6-16-3-2-4-17(22(16)9-15)10-21(28)11-18(23(24)25)12-27-13-19-7-8-20(14-27)26-19/h9,11,16-17,19-20,22,26,28H,2-8,10,12-14,24-25H2,1H3/b21-11+. The number of rotatable bonds is 5. The molecule has 2 heterocycles. The van der Waals surface area contributed by atoms with Gasteiger partial charge in [0.05, 0.1) is 11.6 Å². The van der Waals surface area contributed by atoms with Gasteiger partial charge in [-0.25, -0.2) is 0 Å². The highest BCUT2D eigenvalue weighted by Crippen LogP contribution is 2.44. The zero-order chi connectivity index (χ0) is 19.7. The van der Waals surface area contributed by atoms with Crippen LogP contribution in [-0.4, -0.2) is 41.7 Å². The molecule has 0 aromatic rings. The van der Waals surface area contributed by atoms with Crippen LogP contribution < -0.4 is 16.8 Å². The molecule has 4 aliphatic rings. The van der Waals surface area contributed by atoms with Gasteiger partial charge in [-0.05, 0) is 69.3 Å². The summed E-state index contributed by atoms with van der Waals surface area (Å²) in [5, 5.41) is 14.4. The summed E-state index contributed by atoms with van der Waals surface area (Å²) < 4.78 is 0. The average molecular weight is 387 g/mol. The first-order valence-electron chi connectivity index (χ1n) is 11.3. The van der Waals surface area contributed by atoms with Gasteiger partial charge in [0.1, 0.15) is 0 Å². The SMILES string of the molecule is CC1=CC2C(CCCC2C/C(O)=C\C(CN2CC3CCC(C2)N3)=C(N)N)CC1. The molecule has 2 aliphatic heterocycles. The van der Waals surface area contributed by atoms with Crippen molar-refractivity contribution in [2.24, 2.45) is 29.2 Å². The number of aliphatic hydroxyl groups excluding tert-OH is 1. The second-order valence-corrected chi connectivity index (χ2v) is 9.73. The number of hydrogen-bond donors (Lipinski definition) is 4. The first-order valence-corrected chi connectivity index (χ1v) is 11.3. The van der Waals surface area contributed by atoms with Crippen molar-refractivity contribution < 1.29 is 5.11 Å². The quantitative estimate of drug-likeness (QED) is 0.331. The number of fused-ring (bicyclic) bond motifs is 3. The van der Waals surface area contributed by atoms with E-state index < -0.39 is 0 Å². The second kappa shape index (κ2) is 8.50. The van der Waals surface area contributed by atoms with Crippen LogP contribution in [0.5, 0.6) is 0 Å². The van der Waals surface area contributed by atoms with Gasteiger partial charge in [0, 0.05) is 43.7 Å². The first-order chi connectivity index (χ1) is 13.5. The maximum Gasteiger partial charge on any atom is 0.0981 e. The Bertz CT molecular complexity index is 652. The number of nitrogens with two attached hydrogens (primary N) is 2. The van der Waals surface area contributed by atoms with Crippen LogP contribution in [0.1, 0.15) is 58.3 Å². The lowest BCUT2D eigenvalue weighted by Gasteiger charge is -2.39. The number of allylic oxidation sites excluding steroid dienone is 3. The Morgan fingerprint density at radius 1 is 1.18 bits per heavy atom.